The molecule has 2 N–H and O–H groups in total. The molecular weight excluding hydrogens is 462 g/mol. The molecule has 1 aliphatic heterocycles. The molecule has 2 aromatic carbocycles. The molecule has 1 aromatic heterocycles. The third kappa shape index (κ3) is 5.05. The number of aromatic nitrogens is 2. The summed E-state index contributed by atoms with van der Waals surface area (Å²) in [7, 11) is 1.51. The van der Waals surface area contributed by atoms with Crippen LogP contribution in [0.3, 0.4) is 0 Å². The van der Waals surface area contributed by atoms with Crippen molar-refractivity contribution in [3.63, 3.8) is 0 Å². The Morgan fingerprint density at radius 1 is 1.03 bits per heavy atom. The second kappa shape index (κ2) is 10.7. The minimum Gasteiger partial charge on any atom is -0.495 e. The number of carbonyl (C=O) groups is 2. The van der Waals surface area contributed by atoms with Gasteiger partial charge in [0.15, 0.2) is 0 Å². The summed E-state index contributed by atoms with van der Waals surface area (Å²) in [6.45, 7) is -0.119. The van der Waals surface area contributed by atoms with Crippen molar-refractivity contribution in [3.8, 4) is 11.8 Å². The van der Waals surface area contributed by atoms with E-state index in [2.05, 4.69) is 10.6 Å². The number of nitriles is 1. The number of hydrogen-bond donors (Lipinski definition) is 2. The molecule has 0 bridgehead atoms. The second-order valence-corrected chi connectivity index (χ2v) is 8.35. The van der Waals surface area contributed by atoms with E-state index in [0.29, 0.717) is 41.3 Å². The smallest absolute Gasteiger partial charge is 0.331 e. The summed E-state index contributed by atoms with van der Waals surface area (Å²) in [6.07, 6.45) is 2.94. The zero-order valence-electron chi connectivity index (χ0n) is 19.7. The maximum absolute atomic E-state index is 12.9. The van der Waals surface area contributed by atoms with Crippen LogP contribution in [0.15, 0.2) is 58.1 Å². The van der Waals surface area contributed by atoms with E-state index in [4.69, 9.17) is 4.74 Å². The van der Waals surface area contributed by atoms with Gasteiger partial charge in [0.25, 0.3) is 11.5 Å². The standard InChI is InChI=1S/C26H25N5O5/c1-36-22-9-5-4-7-20(22)29-24(33)17-10-12-18(13-11-17)28-23(32)16-31-25(34)19(15-27)21-8-3-2-6-14-30(21)26(31)35/h4-5,7,9-13H,2-3,6,8,14,16H2,1H3,(H,28,32)(H,29,33). The maximum atomic E-state index is 12.9. The van der Waals surface area contributed by atoms with Gasteiger partial charge in [-0.25, -0.2) is 9.36 Å². The first-order chi connectivity index (χ1) is 17.4. The molecule has 184 valence electrons. The number of anilines is 2. The van der Waals surface area contributed by atoms with E-state index in [-0.39, 0.29) is 11.5 Å². The predicted molar refractivity (Wildman–Crippen MR) is 133 cm³/mol. The van der Waals surface area contributed by atoms with Crippen LogP contribution in [0.1, 0.15) is 40.9 Å². The molecule has 2 amide bonds. The van der Waals surface area contributed by atoms with Gasteiger partial charge in [0, 0.05) is 23.5 Å². The number of methoxy groups -OCH3 is 1. The molecule has 3 aromatic rings. The van der Waals surface area contributed by atoms with Crippen LogP contribution in [-0.4, -0.2) is 28.1 Å². The molecule has 10 heteroatoms. The van der Waals surface area contributed by atoms with Crippen molar-refractivity contribution in [2.24, 2.45) is 0 Å². The van der Waals surface area contributed by atoms with Gasteiger partial charge in [-0.3, -0.25) is 19.0 Å². The van der Waals surface area contributed by atoms with Crippen LogP contribution in [0.2, 0.25) is 0 Å². The number of nitrogens with zero attached hydrogens (tertiary/aromatic N) is 3. The highest BCUT2D eigenvalue weighted by Gasteiger charge is 2.21. The Balaban J connectivity index is 1.48. The molecule has 0 spiro atoms. The minimum atomic E-state index is -0.755. The highest BCUT2D eigenvalue weighted by molar-refractivity contribution is 6.05. The van der Waals surface area contributed by atoms with Gasteiger partial charge in [-0.05, 0) is 55.7 Å². The van der Waals surface area contributed by atoms with Gasteiger partial charge in [0.1, 0.15) is 23.9 Å². The number of para-hydroxylation sites is 2. The Morgan fingerprint density at radius 3 is 2.50 bits per heavy atom. The van der Waals surface area contributed by atoms with Crippen LogP contribution in [0.25, 0.3) is 0 Å². The molecular formula is C26H25N5O5. The topological polar surface area (TPSA) is 135 Å². The summed E-state index contributed by atoms with van der Waals surface area (Å²) in [4.78, 5) is 51.0. The molecule has 0 fully saturated rings. The Kier molecular flexibility index (Phi) is 7.30. The van der Waals surface area contributed by atoms with E-state index in [1.807, 2.05) is 6.07 Å². The van der Waals surface area contributed by atoms with Crippen LogP contribution < -0.4 is 26.6 Å². The van der Waals surface area contributed by atoms with E-state index in [1.165, 1.54) is 23.8 Å². The number of hydrogen-bond acceptors (Lipinski definition) is 6. The molecule has 36 heavy (non-hydrogen) atoms. The van der Waals surface area contributed by atoms with Crippen molar-refractivity contribution in [3.05, 3.63) is 86.2 Å². The fraction of sp³-hybridized carbons (Fsp3) is 0.269. The highest BCUT2D eigenvalue weighted by Crippen LogP contribution is 2.24. The number of fused-ring (bicyclic) bond motifs is 1. The number of rotatable bonds is 6. The van der Waals surface area contributed by atoms with Gasteiger partial charge in [-0.2, -0.15) is 5.26 Å². The molecule has 10 nitrogen and oxygen atoms in total. The lowest BCUT2D eigenvalue weighted by Gasteiger charge is -2.14. The highest BCUT2D eigenvalue weighted by atomic mass is 16.5. The van der Waals surface area contributed by atoms with Crippen LogP contribution in [-0.2, 0) is 24.3 Å². The Labute approximate surface area is 206 Å². The van der Waals surface area contributed by atoms with Crippen molar-refractivity contribution in [2.75, 3.05) is 17.7 Å². The third-order valence-corrected chi connectivity index (χ3v) is 6.03. The SMILES string of the molecule is COc1ccccc1NC(=O)c1ccc(NC(=O)Cn2c(=O)c(C#N)c3n(c2=O)CCCCC3)cc1. The first-order valence-electron chi connectivity index (χ1n) is 11.5. The molecule has 0 saturated carbocycles. The van der Waals surface area contributed by atoms with E-state index in [0.717, 1.165) is 23.8 Å². The molecule has 0 atom stereocenters. The van der Waals surface area contributed by atoms with E-state index >= 15 is 0 Å². The van der Waals surface area contributed by atoms with Crippen molar-refractivity contribution >= 4 is 23.2 Å². The summed E-state index contributed by atoms with van der Waals surface area (Å²) in [5, 5.41) is 14.9. The molecule has 0 aliphatic carbocycles. The number of ether oxygens (including phenoxy) is 1. The minimum absolute atomic E-state index is 0.0882. The molecule has 0 radical (unpaired) electrons. The number of amides is 2. The van der Waals surface area contributed by atoms with Crippen LogP contribution in [0, 0.1) is 11.3 Å². The summed E-state index contributed by atoms with van der Waals surface area (Å²) in [5.41, 5.74) is 0.286. The van der Waals surface area contributed by atoms with Crippen molar-refractivity contribution in [2.45, 2.75) is 38.8 Å². The molecule has 0 unspecified atom stereocenters. The van der Waals surface area contributed by atoms with Gasteiger partial charge in [0.05, 0.1) is 12.8 Å². The Morgan fingerprint density at radius 2 is 1.78 bits per heavy atom. The van der Waals surface area contributed by atoms with Crippen molar-refractivity contribution < 1.29 is 14.3 Å². The van der Waals surface area contributed by atoms with Crippen molar-refractivity contribution in [1.82, 2.24) is 9.13 Å². The monoisotopic (exact) mass is 487 g/mol. The maximum Gasteiger partial charge on any atom is 0.331 e. The van der Waals surface area contributed by atoms with Gasteiger partial charge in [0.2, 0.25) is 5.91 Å². The van der Waals surface area contributed by atoms with Gasteiger partial charge in [-0.1, -0.05) is 18.6 Å². The first-order valence-corrected chi connectivity index (χ1v) is 11.5. The second-order valence-electron chi connectivity index (χ2n) is 8.35. The fourth-order valence-corrected chi connectivity index (χ4v) is 4.21. The van der Waals surface area contributed by atoms with Gasteiger partial charge in [-0.15, -0.1) is 0 Å². The molecule has 2 heterocycles. The van der Waals surface area contributed by atoms with Gasteiger partial charge < -0.3 is 15.4 Å². The molecule has 0 saturated heterocycles. The average Bonchev–Trinajstić information content (AvgIpc) is 3.14. The summed E-state index contributed by atoms with van der Waals surface area (Å²) >= 11 is 0. The van der Waals surface area contributed by atoms with Crippen molar-refractivity contribution in [1.29, 1.82) is 5.26 Å². The van der Waals surface area contributed by atoms with Gasteiger partial charge >= 0.3 is 5.69 Å². The van der Waals surface area contributed by atoms with E-state index in [9.17, 15) is 24.4 Å². The third-order valence-electron chi connectivity index (χ3n) is 6.03. The largest absolute Gasteiger partial charge is 0.495 e. The zero-order chi connectivity index (χ0) is 25.7. The number of carbonyl (C=O) groups excluding carboxylic acids is 2. The summed E-state index contributed by atoms with van der Waals surface area (Å²) < 4.78 is 7.48. The summed E-state index contributed by atoms with van der Waals surface area (Å²) in [6, 6.07) is 15.1. The number of nitrogens with one attached hydrogen (secondary N) is 2. The van der Waals surface area contributed by atoms with Crippen LogP contribution >= 0.6 is 0 Å². The molecule has 4 rings (SSSR count). The normalized spacial score (nSPS) is 12.6. The number of benzene rings is 2. The lowest BCUT2D eigenvalue weighted by Crippen LogP contribution is -2.45. The van der Waals surface area contributed by atoms with E-state index < -0.39 is 23.7 Å². The fourth-order valence-electron chi connectivity index (χ4n) is 4.21. The van der Waals surface area contributed by atoms with Crippen LogP contribution in [0.5, 0.6) is 5.75 Å². The van der Waals surface area contributed by atoms with Crippen LogP contribution in [0.4, 0.5) is 11.4 Å². The lowest BCUT2D eigenvalue weighted by molar-refractivity contribution is -0.116. The average molecular weight is 488 g/mol. The Hall–Kier alpha value is -4.65. The Bertz CT molecular complexity index is 1460. The lowest BCUT2D eigenvalue weighted by atomic mass is 10.1. The van der Waals surface area contributed by atoms with E-state index in [1.54, 1.807) is 36.4 Å². The summed E-state index contributed by atoms with van der Waals surface area (Å²) in [5.74, 6) is -0.428. The predicted octanol–water partition coefficient (Wildman–Crippen LogP) is 2.51. The first kappa shape index (κ1) is 24.5. The zero-order valence-corrected chi connectivity index (χ0v) is 19.7. The molecule has 1 aliphatic rings. The quantitative estimate of drug-likeness (QED) is 0.549.